The second-order valence-corrected chi connectivity index (χ2v) is 1.85. The lowest BCUT2D eigenvalue weighted by molar-refractivity contribution is 0.659. The predicted octanol–water partition coefficient (Wildman–Crippen LogP) is 1.45. The fourth-order valence-electron chi connectivity index (χ4n) is 0.694. The summed E-state index contributed by atoms with van der Waals surface area (Å²) in [5.74, 6) is 0. The molecule has 0 aromatic heterocycles. The molecule has 1 aliphatic heterocycles. The molecule has 1 unspecified atom stereocenters. The third-order valence-electron chi connectivity index (χ3n) is 1.23. The van der Waals surface area contributed by atoms with Crippen molar-refractivity contribution in [3.05, 3.63) is 24.4 Å². The van der Waals surface area contributed by atoms with Gasteiger partial charge in [0.25, 0.3) is 0 Å². The minimum absolute atomic E-state index is 0.444. The molecular weight excluding hydrogens is 98.1 g/mol. The van der Waals surface area contributed by atoms with E-state index in [-0.39, 0.29) is 0 Å². The summed E-state index contributed by atoms with van der Waals surface area (Å²) < 4.78 is 0. The Morgan fingerprint density at radius 3 is 2.75 bits per heavy atom. The molecule has 0 fully saturated rings. The summed E-state index contributed by atoms with van der Waals surface area (Å²) in [5.41, 5.74) is 0. The topological polar surface area (TPSA) is 14.1 Å². The molecule has 1 aliphatic rings. The van der Waals surface area contributed by atoms with E-state index in [4.69, 9.17) is 0 Å². The first-order chi connectivity index (χ1) is 3.93. The molecule has 1 rings (SSSR count). The van der Waals surface area contributed by atoms with E-state index in [1.165, 1.54) is 0 Å². The SMILES string of the molecule is CCC1C=CC=C[N]1. The third kappa shape index (κ3) is 1.12. The zero-order valence-electron chi connectivity index (χ0n) is 5.04. The predicted molar refractivity (Wildman–Crippen MR) is 34.5 cm³/mol. The molecule has 1 heteroatoms. The van der Waals surface area contributed by atoms with Gasteiger partial charge in [-0.2, -0.15) is 0 Å². The molecule has 0 saturated carbocycles. The van der Waals surface area contributed by atoms with Crippen LogP contribution in [0.15, 0.2) is 24.4 Å². The van der Waals surface area contributed by atoms with Crippen LogP contribution in [0.25, 0.3) is 0 Å². The van der Waals surface area contributed by atoms with E-state index < -0.39 is 0 Å². The highest BCUT2D eigenvalue weighted by Gasteiger charge is 1.99. The van der Waals surface area contributed by atoms with Gasteiger partial charge in [0, 0.05) is 6.20 Å². The largest absolute Gasteiger partial charge is 0.286 e. The molecule has 0 amide bonds. The number of rotatable bonds is 1. The number of hydrogen-bond donors (Lipinski definition) is 0. The lowest BCUT2D eigenvalue weighted by Gasteiger charge is -2.08. The molecule has 0 aromatic carbocycles. The Kier molecular flexibility index (Phi) is 1.73. The molecular formula is C7H10N. The molecule has 0 aromatic rings. The number of allylic oxidation sites excluding steroid dienone is 2. The van der Waals surface area contributed by atoms with Crippen LogP contribution in [0.4, 0.5) is 0 Å². The second kappa shape index (κ2) is 2.55. The van der Waals surface area contributed by atoms with E-state index in [0.29, 0.717) is 6.04 Å². The Morgan fingerprint density at radius 2 is 2.38 bits per heavy atom. The summed E-state index contributed by atoms with van der Waals surface area (Å²) in [5, 5.41) is 4.18. The van der Waals surface area contributed by atoms with Gasteiger partial charge in [-0.05, 0) is 12.5 Å². The van der Waals surface area contributed by atoms with Gasteiger partial charge in [-0.15, -0.1) is 0 Å². The minimum Gasteiger partial charge on any atom is -0.286 e. The van der Waals surface area contributed by atoms with Gasteiger partial charge in [-0.3, -0.25) is 5.32 Å². The van der Waals surface area contributed by atoms with Crippen molar-refractivity contribution in [2.45, 2.75) is 19.4 Å². The van der Waals surface area contributed by atoms with Crippen LogP contribution in [0.5, 0.6) is 0 Å². The summed E-state index contributed by atoms with van der Waals surface area (Å²) in [4.78, 5) is 0. The van der Waals surface area contributed by atoms with E-state index in [9.17, 15) is 0 Å². The van der Waals surface area contributed by atoms with Gasteiger partial charge in [-0.25, -0.2) is 0 Å². The first-order valence-electron chi connectivity index (χ1n) is 2.97. The Hall–Kier alpha value is -0.720. The van der Waals surface area contributed by atoms with Crippen LogP contribution < -0.4 is 5.32 Å². The van der Waals surface area contributed by atoms with Gasteiger partial charge in [0.05, 0.1) is 6.04 Å². The maximum absolute atomic E-state index is 4.18. The summed E-state index contributed by atoms with van der Waals surface area (Å²) in [6, 6.07) is 0.444. The molecule has 0 aliphatic carbocycles. The lowest BCUT2D eigenvalue weighted by Crippen LogP contribution is -2.14. The fraction of sp³-hybridized carbons (Fsp3) is 0.429. The molecule has 0 bridgehead atoms. The highest BCUT2D eigenvalue weighted by atomic mass is 14.9. The summed E-state index contributed by atoms with van der Waals surface area (Å²) >= 11 is 0. The quantitative estimate of drug-likeness (QED) is 0.482. The van der Waals surface area contributed by atoms with Gasteiger partial charge in [-0.1, -0.05) is 19.1 Å². The Labute approximate surface area is 50.1 Å². The van der Waals surface area contributed by atoms with E-state index in [0.717, 1.165) is 6.42 Å². The Bertz CT molecular complexity index is 114. The highest BCUT2D eigenvalue weighted by Crippen LogP contribution is 1.99. The number of nitrogens with zero attached hydrogens (tertiary/aromatic N) is 1. The molecule has 1 atom stereocenters. The van der Waals surface area contributed by atoms with Crippen LogP contribution in [0.1, 0.15) is 13.3 Å². The summed E-state index contributed by atoms with van der Waals surface area (Å²) in [7, 11) is 0. The zero-order chi connectivity index (χ0) is 5.82. The maximum atomic E-state index is 4.18. The monoisotopic (exact) mass is 108 g/mol. The van der Waals surface area contributed by atoms with Gasteiger partial charge in [0.2, 0.25) is 0 Å². The van der Waals surface area contributed by atoms with Gasteiger partial charge < -0.3 is 0 Å². The number of hydrogen-bond acceptors (Lipinski definition) is 0. The van der Waals surface area contributed by atoms with Crippen LogP contribution >= 0.6 is 0 Å². The molecule has 0 saturated heterocycles. The van der Waals surface area contributed by atoms with Crippen LogP contribution in [0, 0.1) is 0 Å². The van der Waals surface area contributed by atoms with Crippen LogP contribution in [0.3, 0.4) is 0 Å². The summed E-state index contributed by atoms with van der Waals surface area (Å²) in [6.45, 7) is 2.14. The Morgan fingerprint density at radius 1 is 1.50 bits per heavy atom. The zero-order valence-corrected chi connectivity index (χ0v) is 5.04. The molecule has 1 nitrogen and oxygen atoms in total. The van der Waals surface area contributed by atoms with Gasteiger partial charge in [0.15, 0.2) is 0 Å². The van der Waals surface area contributed by atoms with Gasteiger partial charge in [0.1, 0.15) is 0 Å². The van der Waals surface area contributed by atoms with E-state index in [1.807, 2.05) is 18.4 Å². The molecule has 1 radical (unpaired) electrons. The summed E-state index contributed by atoms with van der Waals surface area (Å²) in [6.07, 6.45) is 9.07. The lowest BCUT2D eigenvalue weighted by atomic mass is 10.2. The molecule has 8 heavy (non-hydrogen) atoms. The van der Waals surface area contributed by atoms with Crippen molar-refractivity contribution in [3.63, 3.8) is 0 Å². The van der Waals surface area contributed by atoms with E-state index >= 15 is 0 Å². The van der Waals surface area contributed by atoms with Crippen LogP contribution in [0.2, 0.25) is 0 Å². The van der Waals surface area contributed by atoms with Crippen LogP contribution in [-0.4, -0.2) is 6.04 Å². The van der Waals surface area contributed by atoms with Crippen molar-refractivity contribution in [3.8, 4) is 0 Å². The first kappa shape index (κ1) is 5.42. The third-order valence-corrected chi connectivity index (χ3v) is 1.23. The minimum atomic E-state index is 0.444. The Balaban J connectivity index is 2.40. The smallest absolute Gasteiger partial charge is 0.0680 e. The first-order valence-corrected chi connectivity index (χ1v) is 2.97. The maximum Gasteiger partial charge on any atom is 0.0680 e. The normalized spacial score (nSPS) is 25.4. The van der Waals surface area contributed by atoms with Crippen molar-refractivity contribution < 1.29 is 0 Å². The fourth-order valence-corrected chi connectivity index (χ4v) is 0.694. The molecule has 1 heterocycles. The van der Waals surface area contributed by atoms with E-state index in [2.05, 4.69) is 18.3 Å². The second-order valence-electron chi connectivity index (χ2n) is 1.85. The molecule has 43 valence electrons. The van der Waals surface area contributed by atoms with Crippen LogP contribution in [-0.2, 0) is 0 Å². The standard InChI is InChI=1S/C7H10N/c1-2-7-5-3-4-6-8-7/h3-7H,2H2,1H3. The van der Waals surface area contributed by atoms with Crippen molar-refractivity contribution in [1.82, 2.24) is 5.32 Å². The van der Waals surface area contributed by atoms with Crippen molar-refractivity contribution in [1.29, 1.82) is 0 Å². The average molecular weight is 108 g/mol. The van der Waals surface area contributed by atoms with E-state index in [1.54, 1.807) is 0 Å². The molecule has 0 spiro atoms. The van der Waals surface area contributed by atoms with Gasteiger partial charge >= 0.3 is 0 Å². The average Bonchev–Trinajstić information content (AvgIpc) is 1.90. The van der Waals surface area contributed by atoms with Crippen molar-refractivity contribution in [2.75, 3.05) is 0 Å². The van der Waals surface area contributed by atoms with Crippen molar-refractivity contribution in [2.24, 2.45) is 0 Å². The van der Waals surface area contributed by atoms with Crippen molar-refractivity contribution >= 4 is 0 Å². The molecule has 0 N–H and O–H groups in total. The highest BCUT2D eigenvalue weighted by molar-refractivity contribution is 5.11.